The van der Waals surface area contributed by atoms with Gasteiger partial charge in [-0.25, -0.2) is 4.98 Å². The molecule has 0 aliphatic carbocycles. The van der Waals surface area contributed by atoms with E-state index in [1.54, 1.807) is 6.07 Å². The molecule has 1 aliphatic rings. The fourth-order valence-corrected chi connectivity index (χ4v) is 2.70. The van der Waals surface area contributed by atoms with Crippen molar-refractivity contribution < 1.29 is 4.74 Å². The zero-order chi connectivity index (χ0) is 14.5. The number of rotatable bonds is 5. The smallest absolute Gasteiger partial charge is 0.223 e. The lowest BCUT2D eigenvalue weighted by Crippen LogP contribution is -2.45. The first-order valence-electron chi connectivity index (χ1n) is 6.94. The molecule has 0 saturated carbocycles. The number of morpholine rings is 1. The van der Waals surface area contributed by atoms with E-state index in [1.165, 1.54) is 0 Å². The van der Waals surface area contributed by atoms with Gasteiger partial charge in [-0.3, -0.25) is 4.90 Å². The minimum absolute atomic E-state index is 0.191. The predicted molar refractivity (Wildman–Crippen MR) is 81.0 cm³/mol. The summed E-state index contributed by atoms with van der Waals surface area (Å²) in [6.07, 6.45) is 1.65. The van der Waals surface area contributed by atoms with Crippen molar-refractivity contribution in [2.45, 2.75) is 32.5 Å². The molecule has 112 valence electrons. The van der Waals surface area contributed by atoms with E-state index in [0.29, 0.717) is 23.2 Å². The molecule has 7 heteroatoms. The summed E-state index contributed by atoms with van der Waals surface area (Å²) >= 11 is 5.82. The molecule has 0 unspecified atom stereocenters. The average Bonchev–Trinajstić information content (AvgIpc) is 2.32. The van der Waals surface area contributed by atoms with Gasteiger partial charge in [-0.2, -0.15) is 4.98 Å². The fraction of sp³-hybridized carbons (Fsp3) is 0.692. The van der Waals surface area contributed by atoms with Crippen molar-refractivity contribution >= 4 is 23.4 Å². The van der Waals surface area contributed by atoms with Gasteiger partial charge in [0.05, 0.1) is 12.2 Å². The molecule has 0 radical (unpaired) electrons. The summed E-state index contributed by atoms with van der Waals surface area (Å²) in [5.41, 5.74) is 5.54. The van der Waals surface area contributed by atoms with Crippen molar-refractivity contribution in [2.24, 2.45) is 0 Å². The van der Waals surface area contributed by atoms with Crippen LogP contribution in [0, 0.1) is 0 Å². The number of nitrogens with zero attached hydrogens (tertiary/aromatic N) is 3. The van der Waals surface area contributed by atoms with Crippen molar-refractivity contribution in [3.05, 3.63) is 11.2 Å². The Labute approximate surface area is 124 Å². The first-order valence-corrected chi connectivity index (χ1v) is 7.32. The average molecular weight is 300 g/mol. The molecule has 0 bridgehead atoms. The maximum Gasteiger partial charge on any atom is 0.223 e. The van der Waals surface area contributed by atoms with Crippen LogP contribution in [0.3, 0.4) is 0 Å². The second kappa shape index (κ2) is 7.06. The molecule has 1 fully saturated rings. The third kappa shape index (κ3) is 4.77. The van der Waals surface area contributed by atoms with Crippen LogP contribution in [0.2, 0.25) is 5.15 Å². The largest absolute Gasteiger partial charge is 0.373 e. The van der Waals surface area contributed by atoms with Gasteiger partial charge in [0.1, 0.15) is 11.0 Å². The Kier molecular flexibility index (Phi) is 5.39. The van der Waals surface area contributed by atoms with Crippen molar-refractivity contribution in [3.8, 4) is 0 Å². The van der Waals surface area contributed by atoms with Gasteiger partial charge < -0.3 is 15.8 Å². The molecule has 3 N–H and O–H groups in total. The first kappa shape index (κ1) is 15.3. The van der Waals surface area contributed by atoms with Gasteiger partial charge in [0.25, 0.3) is 0 Å². The minimum atomic E-state index is 0.191. The van der Waals surface area contributed by atoms with E-state index in [-0.39, 0.29) is 5.95 Å². The van der Waals surface area contributed by atoms with Crippen LogP contribution in [0.1, 0.15) is 20.3 Å². The van der Waals surface area contributed by atoms with Crippen LogP contribution in [0.5, 0.6) is 0 Å². The summed E-state index contributed by atoms with van der Waals surface area (Å²) in [5, 5.41) is 3.57. The van der Waals surface area contributed by atoms with E-state index in [9.17, 15) is 0 Å². The number of nitrogen functional groups attached to an aromatic ring is 1. The molecule has 1 aromatic heterocycles. The lowest BCUT2D eigenvalue weighted by Gasteiger charge is -2.35. The number of anilines is 2. The Morgan fingerprint density at radius 2 is 2.10 bits per heavy atom. The SMILES string of the molecule is C[C@H]1CN(CCCNc2cc(Cl)nc(N)n2)C[C@H](C)O1. The van der Waals surface area contributed by atoms with Crippen molar-refractivity contribution in [1.29, 1.82) is 0 Å². The molecule has 1 saturated heterocycles. The highest BCUT2D eigenvalue weighted by Gasteiger charge is 2.21. The lowest BCUT2D eigenvalue weighted by atomic mass is 10.2. The molecule has 2 atom stereocenters. The zero-order valence-corrected chi connectivity index (χ0v) is 12.7. The van der Waals surface area contributed by atoms with E-state index in [1.807, 2.05) is 0 Å². The highest BCUT2D eigenvalue weighted by Crippen LogP contribution is 2.13. The second-order valence-electron chi connectivity index (χ2n) is 5.23. The van der Waals surface area contributed by atoms with E-state index in [2.05, 4.69) is 34.0 Å². The summed E-state index contributed by atoms with van der Waals surface area (Å²) in [6.45, 7) is 8.10. The van der Waals surface area contributed by atoms with E-state index >= 15 is 0 Å². The Morgan fingerprint density at radius 1 is 1.40 bits per heavy atom. The Hall–Kier alpha value is -1.11. The third-order valence-corrected chi connectivity index (χ3v) is 3.36. The quantitative estimate of drug-likeness (QED) is 0.636. The van der Waals surface area contributed by atoms with Crippen molar-refractivity contribution in [1.82, 2.24) is 14.9 Å². The Balaban J connectivity index is 1.71. The topological polar surface area (TPSA) is 76.3 Å². The van der Waals surface area contributed by atoms with Crippen LogP contribution in [-0.2, 0) is 4.74 Å². The van der Waals surface area contributed by atoms with Crippen LogP contribution in [-0.4, -0.2) is 53.3 Å². The number of nitrogens with one attached hydrogen (secondary N) is 1. The number of ether oxygens (including phenoxy) is 1. The Bertz CT molecular complexity index is 415. The summed E-state index contributed by atoms with van der Waals surface area (Å²) in [5.74, 6) is 0.863. The number of hydrogen-bond donors (Lipinski definition) is 2. The maximum absolute atomic E-state index is 5.82. The molecule has 20 heavy (non-hydrogen) atoms. The molecule has 0 amide bonds. The number of hydrogen-bond acceptors (Lipinski definition) is 6. The Morgan fingerprint density at radius 3 is 2.75 bits per heavy atom. The van der Waals surface area contributed by atoms with Gasteiger partial charge in [0.2, 0.25) is 5.95 Å². The zero-order valence-electron chi connectivity index (χ0n) is 12.0. The molecular weight excluding hydrogens is 278 g/mol. The van der Waals surface area contributed by atoms with Gasteiger partial charge in [-0.15, -0.1) is 0 Å². The highest BCUT2D eigenvalue weighted by molar-refractivity contribution is 6.29. The van der Waals surface area contributed by atoms with E-state index < -0.39 is 0 Å². The van der Waals surface area contributed by atoms with Gasteiger partial charge in [-0.1, -0.05) is 11.6 Å². The summed E-state index contributed by atoms with van der Waals surface area (Å²) in [4.78, 5) is 10.3. The molecule has 1 aromatic rings. The van der Waals surface area contributed by atoms with Crippen molar-refractivity contribution in [3.63, 3.8) is 0 Å². The fourth-order valence-electron chi connectivity index (χ4n) is 2.51. The van der Waals surface area contributed by atoms with Gasteiger partial charge in [0, 0.05) is 32.2 Å². The molecule has 2 rings (SSSR count). The summed E-state index contributed by atoms with van der Waals surface area (Å²) in [7, 11) is 0. The second-order valence-corrected chi connectivity index (χ2v) is 5.62. The molecule has 1 aliphatic heterocycles. The normalized spacial score (nSPS) is 23.8. The van der Waals surface area contributed by atoms with Gasteiger partial charge >= 0.3 is 0 Å². The lowest BCUT2D eigenvalue weighted by molar-refractivity contribution is -0.0678. The number of halogens is 1. The molecule has 2 heterocycles. The molecule has 0 spiro atoms. The minimum Gasteiger partial charge on any atom is -0.373 e. The first-order chi connectivity index (χ1) is 9.52. The van der Waals surface area contributed by atoms with Crippen molar-refractivity contribution in [2.75, 3.05) is 37.2 Å². The maximum atomic E-state index is 5.82. The third-order valence-electron chi connectivity index (χ3n) is 3.16. The van der Waals surface area contributed by atoms with E-state index in [0.717, 1.165) is 32.6 Å². The van der Waals surface area contributed by atoms with Gasteiger partial charge in [0.15, 0.2) is 0 Å². The van der Waals surface area contributed by atoms with Crippen LogP contribution in [0.25, 0.3) is 0 Å². The van der Waals surface area contributed by atoms with Crippen LogP contribution >= 0.6 is 11.6 Å². The monoisotopic (exact) mass is 299 g/mol. The van der Waals surface area contributed by atoms with E-state index in [4.69, 9.17) is 22.1 Å². The predicted octanol–water partition coefficient (Wildman–Crippen LogP) is 1.62. The standard InChI is InChI=1S/C13H22ClN5O/c1-9-7-19(8-10(2)20-9)5-3-4-16-12-6-11(14)17-13(15)18-12/h6,9-10H,3-5,7-8H2,1-2H3,(H3,15,16,17,18)/t9-,10-/m0/s1. The number of nitrogens with two attached hydrogens (primary N) is 1. The molecular formula is C13H22ClN5O. The van der Waals surface area contributed by atoms with Crippen LogP contribution in [0.4, 0.5) is 11.8 Å². The summed E-state index contributed by atoms with van der Waals surface area (Å²) < 4.78 is 5.72. The van der Waals surface area contributed by atoms with Crippen LogP contribution in [0.15, 0.2) is 6.07 Å². The summed E-state index contributed by atoms with van der Waals surface area (Å²) in [6, 6.07) is 1.68. The van der Waals surface area contributed by atoms with Gasteiger partial charge in [-0.05, 0) is 20.3 Å². The molecule has 6 nitrogen and oxygen atoms in total. The number of aromatic nitrogens is 2. The highest BCUT2D eigenvalue weighted by atomic mass is 35.5. The van der Waals surface area contributed by atoms with Crippen LogP contribution < -0.4 is 11.1 Å². The molecule has 0 aromatic carbocycles.